The van der Waals surface area contributed by atoms with Crippen LogP contribution in [0.4, 0.5) is 0 Å². The Morgan fingerprint density at radius 1 is 1.50 bits per heavy atom. The van der Waals surface area contributed by atoms with E-state index >= 15 is 0 Å². The minimum atomic E-state index is -1.16. The molecule has 1 aliphatic rings. The van der Waals surface area contributed by atoms with E-state index in [2.05, 4.69) is 0 Å². The summed E-state index contributed by atoms with van der Waals surface area (Å²) in [5, 5.41) is 38.1. The second-order valence-corrected chi connectivity index (χ2v) is 4.86. The highest BCUT2D eigenvalue weighted by molar-refractivity contribution is 4.95. The van der Waals surface area contributed by atoms with Crippen molar-refractivity contribution in [2.45, 2.75) is 50.4 Å². The minimum Gasteiger partial charge on any atom is -0.393 e. The predicted molar refractivity (Wildman–Crippen MR) is 51.7 cm³/mol. The van der Waals surface area contributed by atoms with Crippen LogP contribution in [0.3, 0.4) is 0 Å². The van der Waals surface area contributed by atoms with Crippen molar-refractivity contribution in [2.75, 3.05) is 6.61 Å². The van der Waals surface area contributed by atoms with Crippen molar-refractivity contribution in [3.63, 3.8) is 0 Å². The van der Waals surface area contributed by atoms with E-state index in [4.69, 9.17) is 5.11 Å². The van der Waals surface area contributed by atoms with Gasteiger partial charge in [-0.2, -0.15) is 0 Å². The molecular weight excluding hydrogens is 184 g/mol. The Balaban J connectivity index is 2.63. The van der Waals surface area contributed by atoms with Crippen molar-refractivity contribution in [3.8, 4) is 0 Å². The fraction of sp³-hybridized carbons (Fsp3) is 1.00. The molecule has 4 N–H and O–H groups in total. The third kappa shape index (κ3) is 2.25. The van der Waals surface area contributed by atoms with Crippen molar-refractivity contribution >= 4 is 0 Å². The van der Waals surface area contributed by atoms with Crippen LogP contribution >= 0.6 is 0 Å². The van der Waals surface area contributed by atoms with Gasteiger partial charge in [0, 0.05) is 0 Å². The lowest BCUT2D eigenvalue weighted by Crippen LogP contribution is -2.50. The van der Waals surface area contributed by atoms with E-state index < -0.39 is 17.3 Å². The molecule has 0 radical (unpaired) electrons. The van der Waals surface area contributed by atoms with E-state index in [0.717, 1.165) is 0 Å². The van der Waals surface area contributed by atoms with Gasteiger partial charge in [-0.1, -0.05) is 0 Å². The monoisotopic (exact) mass is 204 g/mol. The zero-order valence-electron chi connectivity index (χ0n) is 8.77. The molecule has 0 heterocycles. The number of hydrogen-bond acceptors (Lipinski definition) is 4. The summed E-state index contributed by atoms with van der Waals surface area (Å²) in [6.45, 7) is 2.85. The second kappa shape index (κ2) is 3.77. The van der Waals surface area contributed by atoms with Gasteiger partial charge < -0.3 is 20.4 Å². The topological polar surface area (TPSA) is 80.9 Å². The van der Waals surface area contributed by atoms with Crippen LogP contribution in [0, 0.1) is 5.92 Å². The summed E-state index contributed by atoms with van der Waals surface area (Å²) in [7, 11) is 0. The molecule has 4 nitrogen and oxygen atoms in total. The smallest absolute Gasteiger partial charge is 0.0878 e. The molecule has 4 heteroatoms. The molecule has 0 aromatic rings. The molecule has 0 aromatic carbocycles. The first-order valence-electron chi connectivity index (χ1n) is 5.03. The number of aliphatic hydroxyl groups is 4. The maximum absolute atomic E-state index is 9.79. The molecule has 0 amide bonds. The largest absolute Gasteiger partial charge is 0.393 e. The Bertz CT molecular complexity index is 200. The summed E-state index contributed by atoms with van der Waals surface area (Å²) in [6, 6.07) is 0. The fourth-order valence-corrected chi connectivity index (χ4v) is 1.97. The van der Waals surface area contributed by atoms with E-state index in [-0.39, 0.29) is 12.5 Å². The Labute approximate surface area is 84.2 Å². The summed E-state index contributed by atoms with van der Waals surface area (Å²) in [5.74, 6) is -0.150. The van der Waals surface area contributed by atoms with Gasteiger partial charge in [0.05, 0.1) is 23.9 Å². The van der Waals surface area contributed by atoms with Gasteiger partial charge in [-0.3, -0.25) is 0 Å². The van der Waals surface area contributed by atoms with Gasteiger partial charge in [0.15, 0.2) is 0 Å². The fourth-order valence-electron chi connectivity index (χ4n) is 1.97. The van der Waals surface area contributed by atoms with Gasteiger partial charge in [0.2, 0.25) is 0 Å². The Hall–Kier alpha value is -0.160. The van der Waals surface area contributed by atoms with Crippen LogP contribution in [0.2, 0.25) is 0 Å². The number of rotatable bonds is 2. The standard InChI is InChI=1S/C10H20O4/c1-9(13)4-3-7(5-8(9)12)10(2,14)6-11/h7-8,11-14H,3-6H2,1-2H3/t7-,8+,9+,10?/m1/s1. The van der Waals surface area contributed by atoms with Gasteiger partial charge in [-0.15, -0.1) is 0 Å². The molecule has 4 atom stereocenters. The van der Waals surface area contributed by atoms with Crippen LogP contribution in [0.5, 0.6) is 0 Å². The summed E-state index contributed by atoms with van der Waals surface area (Å²) >= 11 is 0. The van der Waals surface area contributed by atoms with Crippen molar-refractivity contribution in [1.82, 2.24) is 0 Å². The minimum absolute atomic E-state index is 0.150. The lowest BCUT2D eigenvalue weighted by molar-refractivity contribution is -0.139. The second-order valence-electron chi connectivity index (χ2n) is 4.86. The van der Waals surface area contributed by atoms with E-state index in [1.807, 2.05) is 0 Å². The van der Waals surface area contributed by atoms with Gasteiger partial charge >= 0.3 is 0 Å². The van der Waals surface area contributed by atoms with Crippen LogP contribution < -0.4 is 0 Å². The normalized spacial score (nSPS) is 43.3. The van der Waals surface area contributed by atoms with E-state index in [1.165, 1.54) is 0 Å². The van der Waals surface area contributed by atoms with E-state index in [9.17, 15) is 15.3 Å². The summed E-state index contributed by atoms with van der Waals surface area (Å²) in [5.41, 5.74) is -2.21. The number of hydrogen-bond donors (Lipinski definition) is 4. The molecule has 14 heavy (non-hydrogen) atoms. The van der Waals surface area contributed by atoms with Crippen LogP contribution in [-0.4, -0.2) is 44.3 Å². The van der Waals surface area contributed by atoms with Crippen LogP contribution in [0.1, 0.15) is 33.1 Å². The third-order valence-electron chi connectivity index (χ3n) is 3.42. The summed E-state index contributed by atoms with van der Waals surface area (Å²) < 4.78 is 0. The van der Waals surface area contributed by atoms with Crippen molar-refractivity contribution in [2.24, 2.45) is 5.92 Å². The molecule has 0 spiro atoms. The highest BCUT2D eigenvalue weighted by atomic mass is 16.3. The molecule has 1 fully saturated rings. The van der Waals surface area contributed by atoms with Gasteiger partial charge in [0.1, 0.15) is 0 Å². The molecule has 1 unspecified atom stereocenters. The molecule has 0 saturated heterocycles. The summed E-state index contributed by atoms with van der Waals surface area (Å²) in [4.78, 5) is 0. The van der Waals surface area contributed by atoms with Gasteiger partial charge in [-0.25, -0.2) is 0 Å². The maximum Gasteiger partial charge on any atom is 0.0878 e. The predicted octanol–water partition coefficient (Wildman–Crippen LogP) is -0.358. The Kier molecular flexibility index (Phi) is 3.21. The highest BCUT2D eigenvalue weighted by Gasteiger charge is 2.43. The van der Waals surface area contributed by atoms with Crippen molar-refractivity contribution < 1.29 is 20.4 Å². The average molecular weight is 204 g/mol. The lowest BCUT2D eigenvalue weighted by atomic mass is 9.71. The zero-order valence-corrected chi connectivity index (χ0v) is 8.77. The van der Waals surface area contributed by atoms with Crippen LogP contribution in [0.15, 0.2) is 0 Å². The Morgan fingerprint density at radius 2 is 2.07 bits per heavy atom. The van der Waals surface area contributed by atoms with Gasteiger partial charge in [0.25, 0.3) is 0 Å². The molecular formula is C10H20O4. The zero-order chi connectivity index (χ0) is 11.0. The number of aliphatic hydroxyl groups excluding tert-OH is 2. The Morgan fingerprint density at radius 3 is 2.50 bits per heavy atom. The first-order chi connectivity index (χ1) is 6.29. The van der Waals surface area contributed by atoms with Crippen molar-refractivity contribution in [1.29, 1.82) is 0 Å². The highest BCUT2D eigenvalue weighted by Crippen LogP contribution is 2.37. The molecule has 1 saturated carbocycles. The molecule has 84 valence electrons. The van der Waals surface area contributed by atoms with Crippen LogP contribution in [0.25, 0.3) is 0 Å². The van der Waals surface area contributed by atoms with Crippen molar-refractivity contribution in [3.05, 3.63) is 0 Å². The van der Waals surface area contributed by atoms with Crippen LogP contribution in [-0.2, 0) is 0 Å². The lowest BCUT2D eigenvalue weighted by Gasteiger charge is -2.42. The van der Waals surface area contributed by atoms with E-state index in [1.54, 1.807) is 13.8 Å². The average Bonchev–Trinajstić information content (AvgIpc) is 2.09. The molecule has 1 rings (SSSR count). The first kappa shape index (κ1) is 11.9. The quantitative estimate of drug-likeness (QED) is 0.495. The molecule has 0 bridgehead atoms. The maximum atomic E-state index is 9.79. The summed E-state index contributed by atoms with van der Waals surface area (Å²) in [6.07, 6.45) is 0.590. The van der Waals surface area contributed by atoms with Gasteiger partial charge in [-0.05, 0) is 39.0 Å². The molecule has 1 aliphatic carbocycles. The molecule has 0 aromatic heterocycles. The first-order valence-corrected chi connectivity index (χ1v) is 5.03. The van der Waals surface area contributed by atoms with E-state index in [0.29, 0.717) is 19.3 Å². The SMILES string of the molecule is CC(O)(CO)[C@@H]1CC[C@](C)(O)[C@@H](O)C1. The molecule has 0 aliphatic heterocycles. The third-order valence-corrected chi connectivity index (χ3v) is 3.42.